The minimum absolute atomic E-state index is 0.127. The zero-order chi connectivity index (χ0) is 17.5. The lowest BCUT2D eigenvalue weighted by molar-refractivity contribution is -0.127. The monoisotopic (exact) mass is 338 g/mol. The van der Waals surface area contributed by atoms with E-state index in [4.69, 9.17) is 11.6 Å². The van der Waals surface area contributed by atoms with Gasteiger partial charge in [-0.05, 0) is 51.5 Å². The summed E-state index contributed by atoms with van der Waals surface area (Å²) in [7, 11) is 0. The fourth-order valence-electron chi connectivity index (χ4n) is 2.14. The van der Waals surface area contributed by atoms with Gasteiger partial charge in [0.1, 0.15) is 0 Å². The Morgan fingerprint density at radius 3 is 2.22 bits per heavy atom. The first-order valence-corrected chi connectivity index (χ1v) is 8.53. The molecule has 0 aliphatic rings. The van der Waals surface area contributed by atoms with E-state index < -0.39 is 5.54 Å². The van der Waals surface area contributed by atoms with Gasteiger partial charge in [-0.15, -0.1) is 0 Å². The number of hydrogen-bond acceptors (Lipinski definition) is 2. The molecular weight excluding hydrogens is 312 g/mol. The SMILES string of the molecule is CCCCCCC(=O)NN(C(=O)c1ccc(Cl)cc1)C(C)(C)C. The van der Waals surface area contributed by atoms with Crippen molar-refractivity contribution in [3.05, 3.63) is 34.9 Å². The van der Waals surface area contributed by atoms with Crippen LogP contribution in [0.15, 0.2) is 24.3 Å². The summed E-state index contributed by atoms with van der Waals surface area (Å²) < 4.78 is 0. The molecule has 1 N–H and O–H groups in total. The van der Waals surface area contributed by atoms with E-state index in [9.17, 15) is 9.59 Å². The Morgan fingerprint density at radius 2 is 1.70 bits per heavy atom. The van der Waals surface area contributed by atoms with Gasteiger partial charge in [0.2, 0.25) is 5.91 Å². The van der Waals surface area contributed by atoms with Gasteiger partial charge in [-0.3, -0.25) is 15.0 Å². The molecule has 0 aromatic heterocycles. The normalized spacial score (nSPS) is 11.2. The lowest BCUT2D eigenvalue weighted by atomic mass is 10.1. The van der Waals surface area contributed by atoms with E-state index in [2.05, 4.69) is 12.3 Å². The first-order chi connectivity index (χ1) is 10.8. The molecule has 1 rings (SSSR count). The molecule has 0 aliphatic heterocycles. The predicted octanol–water partition coefficient (Wildman–Crippen LogP) is 4.58. The van der Waals surface area contributed by atoms with Crippen LogP contribution in [0, 0.1) is 0 Å². The topological polar surface area (TPSA) is 49.4 Å². The minimum Gasteiger partial charge on any atom is -0.273 e. The number of carbonyl (C=O) groups excluding carboxylic acids is 2. The van der Waals surface area contributed by atoms with Crippen LogP contribution in [-0.2, 0) is 4.79 Å². The number of hydrogen-bond donors (Lipinski definition) is 1. The van der Waals surface area contributed by atoms with Crippen LogP contribution in [0.25, 0.3) is 0 Å². The molecule has 0 aliphatic carbocycles. The highest BCUT2D eigenvalue weighted by Gasteiger charge is 2.29. The highest BCUT2D eigenvalue weighted by Crippen LogP contribution is 2.17. The highest BCUT2D eigenvalue weighted by atomic mass is 35.5. The number of halogens is 1. The van der Waals surface area contributed by atoms with Crippen molar-refractivity contribution in [3.8, 4) is 0 Å². The first kappa shape index (κ1) is 19.5. The summed E-state index contributed by atoms with van der Waals surface area (Å²) in [5.41, 5.74) is 2.74. The van der Waals surface area contributed by atoms with Gasteiger partial charge in [0, 0.05) is 17.0 Å². The van der Waals surface area contributed by atoms with Gasteiger partial charge in [-0.2, -0.15) is 0 Å². The summed E-state index contributed by atoms with van der Waals surface area (Å²) in [6, 6.07) is 6.66. The van der Waals surface area contributed by atoms with Crippen molar-refractivity contribution in [1.82, 2.24) is 10.4 Å². The molecule has 23 heavy (non-hydrogen) atoms. The van der Waals surface area contributed by atoms with E-state index >= 15 is 0 Å². The molecule has 0 saturated heterocycles. The summed E-state index contributed by atoms with van der Waals surface area (Å²) >= 11 is 5.86. The van der Waals surface area contributed by atoms with Gasteiger partial charge >= 0.3 is 0 Å². The van der Waals surface area contributed by atoms with Crippen molar-refractivity contribution in [1.29, 1.82) is 0 Å². The number of hydrazine groups is 1. The predicted molar refractivity (Wildman–Crippen MR) is 94.3 cm³/mol. The first-order valence-electron chi connectivity index (χ1n) is 8.15. The zero-order valence-electron chi connectivity index (χ0n) is 14.5. The molecule has 0 radical (unpaired) electrons. The second-order valence-electron chi connectivity index (χ2n) is 6.66. The van der Waals surface area contributed by atoms with Crippen molar-refractivity contribution in [2.45, 2.75) is 65.3 Å². The average molecular weight is 339 g/mol. The molecule has 5 heteroatoms. The summed E-state index contributed by atoms with van der Waals surface area (Å²) in [4.78, 5) is 24.8. The molecule has 128 valence electrons. The smallest absolute Gasteiger partial charge is 0.272 e. The van der Waals surface area contributed by atoms with Gasteiger partial charge in [-0.1, -0.05) is 37.8 Å². The zero-order valence-corrected chi connectivity index (χ0v) is 15.2. The second kappa shape index (κ2) is 8.92. The highest BCUT2D eigenvalue weighted by molar-refractivity contribution is 6.30. The van der Waals surface area contributed by atoms with Gasteiger partial charge in [0.15, 0.2) is 0 Å². The Balaban J connectivity index is 2.75. The summed E-state index contributed by atoms with van der Waals surface area (Å²) in [6.45, 7) is 7.79. The Kier molecular flexibility index (Phi) is 7.56. The molecular formula is C18H27ClN2O2. The number of nitrogens with zero attached hydrogens (tertiary/aromatic N) is 1. The molecule has 4 nitrogen and oxygen atoms in total. The lowest BCUT2D eigenvalue weighted by Gasteiger charge is -2.35. The van der Waals surface area contributed by atoms with Crippen LogP contribution in [0.2, 0.25) is 5.02 Å². The average Bonchev–Trinajstić information content (AvgIpc) is 2.48. The van der Waals surface area contributed by atoms with E-state index in [1.807, 2.05) is 20.8 Å². The maximum absolute atomic E-state index is 12.7. The quantitative estimate of drug-likeness (QED) is 0.609. The Hall–Kier alpha value is -1.55. The molecule has 0 unspecified atom stereocenters. The molecule has 0 spiro atoms. The van der Waals surface area contributed by atoms with Crippen LogP contribution in [0.4, 0.5) is 0 Å². The number of carbonyl (C=O) groups is 2. The van der Waals surface area contributed by atoms with Crippen LogP contribution in [0.5, 0.6) is 0 Å². The molecule has 0 atom stereocenters. The van der Waals surface area contributed by atoms with Crippen LogP contribution >= 0.6 is 11.6 Å². The minimum atomic E-state index is -0.518. The summed E-state index contributed by atoms with van der Waals surface area (Å²) in [5, 5.41) is 1.97. The fraction of sp³-hybridized carbons (Fsp3) is 0.556. The van der Waals surface area contributed by atoms with Crippen LogP contribution in [0.3, 0.4) is 0 Å². The van der Waals surface area contributed by atoms with Crippen LogP contribution < -0.4 is 5.43 Å². The van der Waals surface area contributed by atoms with E-state index in [-0.39, 0.29) is 11.8 Å². The number of nitrogens with one attached hydrogen (secondary N) is 1. The van der Waals surface area contributed by atoms with Gasteiger partial charge < -0.3 is 0 Å². The van der Waals surface area contributed by atoms with Crippen LogP contribution in [-0.4, -0.2) is 22.4 Å². The van der Waals surface area contributed by atoms with Gasteiger partial charge in [0.05, 0.1) is 5.54 Å². The maximum atomic E-state index is 12.7. The molecule has 0 saturated carbocycles. The van der Waals surface area contributed by atoms with E-state index in [0.717, 1.165) is 25.7 Å². The van der Waals surface area contributed by atoms with E-state index in [1.165, 1.54) is 5.01 Å². The van der Waals surface area contributed by atoms with E-state index in [1.54, 1.807) is 24.3 Å². The lowest BCUT2D eigenvalue weighted by Crippen LogP contribution is -2.55. The molecule has 0 heterocycles. The van der Waals surface area contributed by atoms with Crippen LogP contribution in [0.1, 0.15) is 70.2 Å². The van der Waals surface area contributed by atoms with Crippen molar-refractivity contribution < 1.29 is 9.59 Å². The molecule has 1 aromatic carbocycles. The molecule has 0 fully saturated rings. The van der Waals surface area contributed by atoms with Crippen molar-refractivity contribution in [3.63, 3.8) is 0 Å². The third-order valence-electron chi connectivity index (χ3n) is 3.46. The molecule has 2 amide bonds. The summed E-state index contributed by atoms with van der Waals surface area (Å²) in [6.07, 6.45) is 4.56. The van der Waals surface area contributed by atoms with Gasteiger partial charge in [-0.25, -0.2) is 5.01 Å². The molecule has 1 aromatic rings. The third-order valence-corrected chi connectivity index (χ3v) is 3.71. The van der Waals surface area contributed by atoms with Gasteiger partial charge in [0.25, 0.3) is 5.91 Å². The number of rotatable bonds is 6. The maximum Gasteiger partial charge on any atom is 0.272 e. The van der Waals surface area contributed by atoms with E-state index in [0.29, 0.717) is 17.0 Å². The second-order valence-corrected chi connectivity index (χ2v) is 7.10. The standard InChI is InChI=1S/C18H27ClN2O2/c1-5-6-7-8-9-16(22)20-21(18(2,3)4)17(23)14-10-12-15(19)13-11-14/h10-13H,5-9H2,1-4H3,(H,20,22). The van der Waals surface area contributed by atoms with Crippen molar-refractivity contribution in [2.24, 2.45) is 0 Å². The number of benzene rings is 1. The Labute approximate surface area is 144 Å². The Morgan fingerprint density at radius 1 is 1.09 bits per heavy atom. The number of amides is 2. The molecule has 0 bridgehead atoms. The van der Waals surface area contributed by atoms with Crippen molar-refractivity contribution in [2.75, 3.05) is 0 Å². The van der Waals surface area contributed by atoms with Crippen molar-refractivity contribution >= 4 is 23.4 Å². The fourth-order valence-corrected chi connectivity index (χ4v) is 2.26. The third kappa shape index (κ3) is 6.61. The number of unbranched alkanes of at least 4 members (excludes halogenated alkanes) is 3. The Bertz CT molecular complexity index is 521. The largest absolute Gasteiger partial charge is 0.273 e. The summed E-state index contributed by atoms with van der Waals surface area (Å²) in [5.74, 6) is -0.366.